The van der Waals surface area contributed by atoms with E-state index in [2.05, 4.69) is 0 Å². The fourth-order valence-corrected chi connectivity index (χ4v) is 3.78. The molecule has 1 heterocycles. The van der Waals surface area contributed by atoms with E-state index >= 15 is 0 Å². The molecule has 5 nitrogen and oxygen atoms in total. The van der Waals surface area contributed by atoms with Gasteiger partial charge in [-0.25, -0.2) is 4.79 Å². The second-order valence-corrected chi connectivity index (χ2v) is 7.48. The van der Waals surface area contributed by atoms with Crippen molar-refractivity contribution in [1.29, 1.82) is 0 Å². The number of hydrogen-bond acceptors (Lipinski definition) is 4. The minimum absolute atomic E-state index is 0.177. The van der Waals surface area contributed by atoms with Gasteiger partial charge in [0.15, 0.2) is 0 Å². The quantitative estimate of drug-likeness (QED) is 0.368. The van der Waals surface area contributed by atoms with Gasteiger partial charge in [0.2, 0.25) is 0 Å². The van der Waals surface area contributed by atoms with Gasteiger partial charge < -0.3 is 4.74 Å². The van der Waals surface area contributed by atoms with Crippen molar-refractivity contribution in [3.63, 3.8) is 0 Å². The van der Waals surface area contributed by atoms with Crippen LogP contribution < -0.4 is 4.74 Å². The van der Waals surface area contributed by atoms with Crippen LogP contribution in [0.4, 0.5) is 0 Å². The van der Waals surface area contributed by atoms with Gasteiger partial charge in [0.1, 0.15) is 11.8 Å². The summed E-state index contributed by atoms with van der Waals surface area (Å²) in [6.07, 6.45) is 0.177. The maximum absolute atomic E-state index is 13.2. The minimum Gasteiger partial charge on any atom is -0.425 e. The van der Waals surface area contributed by atoms with Crippen LogP contribution in [0, 0.1) is 13.8 Å². The lowest BCUT2D eigenvalue weighted by Crippen LogP contribution is -2.48. The smallest absolute Gasteiger partial charge is 0.335 e. The Balaban J connectivity index is 1.69. The first-order valence-corrected chi connectivity index (χ1v) is 9.75. The Hall–Kier alpha value is -3.73. The summed E-state index contributed by atoms with van der Waals surface area (Å²) in [6, 6.07) is 20.3. The van der Waals surface area contributed by atoms with Crippen LogP contribution in [0.25, 0.3) is 0 Å². The number of hydrogen-bond donors (Lipinski definition) is 0. The standard InChI is InChI=1S/C25H21NO4/c1-16-12-17(2)14-19(13-16)30-25(29)22(15-18-8-4-3-5-9-18)26-23(27)20-10-6-7-11-21(20)24(26)28/h3-14,22H,15H2,1-2H3. The molecule has 0 spiro atoms. The van der Waals surface area contributed by atoms with E-state index in [9.17, 15) is 14.4 Å². The topological polar surface area (TPSA) is 63.7 Å². The predicted molar refractivity (Wildman–Crippen MR) is 112 cm³/mol. The molecule has 150 valence electrons. The second kappa shape index (κ2) is 7.95. The van der Waals surface area contributed by atoms with E-state index in [1.807, 2.05) is 50.2 Å². The fraction of sp³-hybridized carbons (Fsp3) is 0.160. The molecule has 1 unspecified atom stereocenters. The lowest BCUT2D eigenvalue weighted by molar-refractivity contribution is -0.138. The third-order valence-corrected chi connectivity index (χ3v) is 5.09. The Labute approximate surface area is 174 Å². The zero-order valence-electron chi connectivity index (χ0n) is 16.8. The maximum atomic E-state index is 13.2. The van der Waals surface area contributed by atoms with Gasteiger partial charge in [0, 0.05) is 6.42 Å². The molecule has 0 aromatic heterocycles. The molecule has 0 saturated carbocycles. The number of ether oxygens (including phenoxy) is 1. The van der Waals surface area contributed by atoms with Gasteiger partial charge >= 0.3 is 5.97 Å². The molecule has 1 atom stereocenters. The van der Waals surface area contributed by atoms with Gasteiger partial charge in [0.25, 0.3) is 11.8 Å². The van der Waals surface area contributed by atoms with Crippen molar-refractivity contribution in [3.8, 4) is 5.75 Å². The van der Waals surface area contributed by atoms with Crippen LogP contribution in [-0.4, -0.2) is 28.7 Å². The van der Waals surface area contributed by atoms with Crippen LogP contribution in [0.3, 0.4) is 0 Å². The largest absolute Gasteiger partial charge is 0.425 e. The molecule has 0 N–H and O–H groups in total. The summed E-state index contributed by atoms with van der Waals surface area (Å²) in [5, 5.41) is 0. The SMILES string of the molecule is Cc1cc(C)cc(OC(=O)C(Cc2ccccc2)N2C(=O)c3ccccc3C2=O)c1. The van der Waals surface area contributed by atoms with Crippen molar-refractivity contribution in [2.75, 3.05) is 0 Å². The summed E-state index contributed by atoms with van der Waals surface area (Å²) in [7, 11) is 0. The van der Waals surface area contributed by atoms with Crippen LogP contribution in [0.15, 0.2) is 72.8 Å². The molecule has 3 aromatic carbocycles. The van der Waals surface area contributed by atoms with Gasteiger partial charge in [-0.05, 0) is 54.8 Å². The van der Waals surface area contributed by atoms with Crippen molar-refractivity contribution >= 4 is 17.8 Å². The third-order valence-electron chi connectivity index (χ3n) is 5.09. The number of amides is 2. The van der Waals surface area contributed by atoms with Gasteiger partial charge in [-0.2, -0.15) is 0 Å². The normalized spacial score (nSPS) is 13.9. The summed E-state index contributed by atoms with van der Waals surface area (Å²) >= 11 is 0. The van der Waals surface area contributed by atoms with Crippen LogP contribution in [0.2, 0.25) is 0 Å². The molecule has 0 bridgehead atoms. The molecule has 30 heavy (non-hydrogen) atoms. The van der Waals surface area contributed by atoms with Gasteiger partial charge in [-0.1, -0.05) is 48.5 Å². The van der Waals surface area contributed by atoms with Crippen LogP contribution in [-0.2, 0) is 11.2 Å². The van der Waals surface area contributed by atoms with Crippen LogP contribution in [0.5, 0.6) is 5.75 Å². The van der Waals surface area contributed by atoms with Crippen LogP contribution in [0.1, 0.15) is 37.4 Å². The summed E-state index contributed by atoms with van der Waals surface area (Å²) in [5.74, 6) is -1.20. The highest BCUT2D eigenvalue weighted by atomic mass is 16.5. The minimum atomic E-state index is -1.07. The van der Waals surface area contributed by atoms with Crippen LogP contribution >= 0.6 is 0 Å². The Kier molecular flexibility index (Phi) is 5.19. The first-order chi connectivity index (χ1) is 14.4. The van der Waals surface area contributed by atoms with Crippen molar-refractivity contribution < 1.29 is 19.1 Å². The molecule has 1 aliphatic rings. The fourth-order valence-electron chi connectivity index (χ4n) is 3.78. The van der Waals surface area contributed by atoms with Crippen molar-refractivity contribution in [2.24, 2.45) is 0 Å². The Bertz CT molecular complexity index is 1080. The molecule has 0 saturated heterocycles. The van der Waals surface area contributed by atoms with Gasteiger partial charge in [0.05, 0.1) is 11.1 Å². The van der Waals surface area contributed by atoms with Crippen molar-refractivity contribution in [1.82, 2.24) is 4.90 Å². The lowest BCUT2D eigenvalue weighted by atomic mass is 10.0. The van der Waals surface area contributed by atoms with E-state index in [1.54, 1.807) is 36.4 Å². The van der Waals surface area contributed by atoms with E-state index in [4.69, 9.17) is 4.74 Å². The van der Waals surface area contributed by atoms with E-state index in [-0.39, 0.29) is 6.42 Å². The summed E-state index contributed by atoms with van der Waals surface area (Å²) in [4.78, 5) is 40.2. The second-order valence-electron chi connectivity index (χ2n) is 7.48. The van der Waals surface area contributed by atoms with Crippen molar-refractivity contribution in [2.45, 2.75) is 26.3 Å². The number of esters is 1. The van der Waals surface area contributed by atoms with E-state index in [0.717, 1.165) is 21.6 Å². The number of rotatable bonds is 5. The van der Waals surface area contributed by atoms with Crippen molar-refractivity contribution in [3.05, 3.63) is 101 Å². The maximum Gasteiger partial charge on any atom is 0.335 e. The average molecular weight is 399 g/mol. The molecule has 2 amide bonds. The monoisotopic (exact) mass is 399 g/mol. The number of aryl methyl sites for hydroxylation is 2. The molecule has 1 aliphatic heterocycles. The molecule has 0 aliphatic carbocycles. The first-order valence-electron chi connectivity index (χ1n) is 9.75. The highest BCUT2D eigenvalue weighted by molar-refractivity contribution is 6.22. The lowest BCUT2D eigenvalue weighted by Gasteiger charge is -2.24. The zero-order valence-corrected chi connectivity index (χ0v) is 16.8. The zero-order chi connectivity index (χ0) is 21.3. The highest BCUT2D eigenvalue weighted by Crippen LogP contribution is 2.27. The molecular weight excluding hydrogens is 378 g/mol. The molecule has 0 fully saturated rings. The molecule has 3 aromatic rings. The number of fused-ring (bicyclic) bond motifs is 1. The molecule has 5 heteroatoms. The van der Waals surface area contributed by atoms with Gasteiger partial charge in [-0.15, -0.1) is 0 Å². The van der Waals surface area contributed by atoms with E-state index < -0.39 is 23.8 Å². The van der Waals surface area contributed by atoms with E-state index in [0.29, 0.717) is 16.9 Å². The predicted octanol–water partition coefficient (Wildman–Crippen LogP) is 4.12. The molecular formula is C25H21NO4. The summed E-state index contributed by atoms with van der Waals surface area (Å²) in [6.45, 7) is 3.83. The Morgan fingerprint density at radius 3 is 1.93 bits per heavy atom. The number of imide groups is 1. The highest BCUT2D eigenvalue weighted by Gasteiger charge is 2.43. The van der Waals surface area contributed by atoms with Gasteiger partial charge in [-0.3, -0.25) is 14.5 Å². The first kappa shape index (κ1) is 19.6. The Morgan fingerprint density at radius 2 is 1.37 bits per heavy atom. The molecule has 4 rings (SSSR count). The molecule has 0 radical (unpaired) electrons. The Morgan fingerprint density at radius 1 is 0.833 bits per heavy atom. The number of carbonyl (C=O) groups excluding carboxylic acids is 3. The number of carbonyl (C=O) groups is 3. The number of nitrogens with zero attached hydrogens (tertiary/aromatic N) is 1. The summed E-state index contributed by atoms with van der Waals surface area (Å²) in [5.41, 5.74) is 3.35. The third kappa shape index (κ3) is 3.74. The summed E-state index contributed by atoms with van der Waals surface area (Å²) < 4.78 is 5.63. The number of benzene rings is 3. The average Bonchev–Trinajstić information content (AvgIpc) is 2.97. The van der Waals surface area contributed by atoms with E-state index in [1.165, 1.54) is 0 Å².